The molecule has 0 unspecified atom stereocenters. The van der Waals surface area contributed by atoms with Crippen LogP contribution < -0.4 is 9.64 Å². The summed E-state index contributed by atoms with van der Waals surface area (Å²) in [5.41, 5.74) is 0.446. The van der Waals surface area contributed by atoms with Crippen molar-refractivity contribution in [3.8, 4) is 5.75 Å². The first-order chi connectivity index (χ1) is 10.4. The number of piperazine rings is 1. The minimum atomic E-state index is -0.899. The highest BCUT2D eigenvalue weighted by Crippen LogP contribution is 2.64. The molecular formula is C16H20Cl2N2O2. The summed E-state index contributed by atoms with van der Waals surface area (Å²) in [6.07, 6.45) is 0.536. The normalized spacial score (nSPS) is 26.7. The van der Waals surface area contributed by atoms with Crippen LogP contribution in [0.1, 0.15) is 13.3 Å². The molecule has 0 bridgehead atoms. The van der Waals surface area contributed by atoms with E-state index in [0.29, 0.717) is 19.5 Å². The molecule has 1 aromatic carbocycles. The lowest BCUT2D eigenvalue weighted by atomic mass is 10.1. The maximum atomic E-state index is 12.6. The Kier molecular flexibility index (Phi) is 3.94. The Morgan fingerprint density at radius 3 is 2.32 bits per heavy atom. The number of benzene rings is 1. The van der Waals surface area contributed by atoms with E-state index in [4.69, 9.17) is 27.9 Å². The second kappa shape index (κ2) is 5.50. The lowest BCUT2D eigenvalue weighted by molar-refractivity contribution is -0.136. The number of carbonyl (C=O) groups is 1. The number of para-hydroxylation sites is 2. The van der Waals surface area contributed by atoms with Crippen molar-refractivity contribution in [2.75, 3.05) is 38.2 Å². The van der Waals surface area contributed by atoms with Gasteiger partial charge in [0.1, 0.15) is 10.1 Å². The number of amides is 1. The molecular weight excluding hydrogens is 323 g/mol. The summed E-state index contributed by atoms with van der Waals surface area (Å²) in [6, 6.07) is 7.95. The SMILES string of the molecule is COc1ccccc1N1CCN(C(=O)[C@]2(C)CC2(Cl)Cl)CC1. The first-order valence-electron chi connectivity index (χ1n) is 7.44. The van der Waals surface area contributed by atoms with Gasteiger partial charge < -0.3 is 14.5 Å². The Morgan fingerprint density at radius 2 is 1.77 bits per heavy atom. The predicted molar refractivity (Wildman–Crippen MR) is 88.9 cm³/mol. The number of ether oxygens (including phenoxy) is 1. The van der Waals surface area contributed by atoms with E-state index < -0.39 is 9.75 Å². The second-order valence-corrected chi connectivity index (χ2v) is 7.65. The molecule has 3 rings (SSSR count). The van der Waals surface area contributed by atoms with Crippen molar-refractivity contribution in [1.29, 1.82) is 0 Å². The summed E-state index contributed by atoms with van der Waals surface area (Å²) in [5, 5.41) is 0. The average Bonchev–Trinajstić information content (AvgIpc) is 3.06. The summed E-state index contributed by atoms with van der Waals surface area (Å²) < 4.78 is 4.51. The van der Waals surface area contributed by atoms with E-state index in [1.807, 2.05) is 36.1 Å². The Hall–Kier alpha value is -1.13. The number of nitrogens with zero attached hydrogens (tertiary/aromatic N) is 2. The van der Waals surface area contributed by atoms with E-state index in [0.717, 1.165) is 24.5 Å². The van der Waals surface area contributed by atoms with Gasteiger partial charge in [-0.1, -0.05) is 12.1 Å². The van der Waals surface area contributed by atoms with Crippen molar-refractivity contribution in [3.63, 3.8) is 0 Å². The van der Waals surface area contributed by atoms with Gasteiger partial charge in [0.15, 0.2) is 0 Å². The van der Waals surface area contributed by atoms with Gasteiger partial charge in [-0.15, -0.1) is 23.2 Å². The maximum absolute atomic E-state index is 12.6. The van der Waals surface area contributed by atoms with Crippen LogP contribution >= 0.6 is 23.2 Å². The molecule has 1 saturated heterocycles. The lowest BCUT2D eigenvalue weighted by Gasteiger charge is -2.38. The Labute approximate surface area is 140 Å². The highest BCUT2D eigenvalue weighted by atomic mass is 35.5. The van der Waals surface area contributed by atoms with Crippen LogP contribution in [0.4, 0.5) is 5.69 Å². The molecule has 0 aromatic heterocycles. The fourth-order valence-electron chi connectivity index (χ4n) is 3.02. The van der Waals surface area contributed by atoms with Crippen LogP contribution in [0.5, 0.6) is 5.75 Å². The van der Waals surface area contributed by atoms with Gasteiger partial charge in [-0.25, -0.2) is 0 Å². The molecule has 1 atom stereocenters. The van der Waals surface area contributed by atoms with E-state index in [-0.39, 0.29) is 5.91 Å². The van der Waals surface area contributed by atoms with Gasteiger partial charge in [0.2, 0.25) is 5.91 Å². The molecule has 22 heavy (non-hydrogen) atoms. The Bertz CT molecular complexity index is 585. The lowest BCUT2D eigenvalue weighted by Crippen LogP contribution is -2.51. The minimum Gasteiger partial charge on any atom is -0.495 e. The van der Waals surface area contributed by atoms with Crippen LogP contribution in [0, 0.1) is 5.41 Å². The molecule has 1 aliphatic carbocycles. The molecule has 1 heterocycles. The van der Waals surface area contributed by atoms with E-state index in [9.17, 15) is 4.79 Å². The summed E-state index contributed by atoms with van der Waals surface area (Å²) >= 11 is 12.2. The van der Waals surface area contributed by atoms with E-state index >= 15 is 0 Å². The van der Waals surface area contributed by atoms with Crippen LogP contribution in [0.3, 0.4) is 0 Å². The van der Waals surface area contributed by atoms with Crippen LogP contribution in [-0.4, -0.2) is 48.4 Å². The summed E-state index contributed by atoms with van der Waals surface area (Å²) in [7, 11) is 1.67. The number of rotatable bonds is 3. The maximum Gasteiger partial charge on any atom is 0.231 e. The molecule has 2 fully saturated rings. The highest BCUT2D eigenvalue weighted by molar-refractivity contribution is 6.53. The molecule has 1 saturated carbocycles. The monoisotopic (exact) mass is 342 g/mol. The number of carbonyl (C=O) groups excluding carboxylic acids is 1. The molecule has 1 amide bonds. The fourth-order valence-corrected chi connectivity index (χ4v) is 3.72. The van der Waals surface area contributed by atoms with Gasteiger partial charge in [-0.3, -0.25) is 4.79 Å². The van der Waals surface area contributed by atoms with Crippen LogP contribution in [0.2, 0.25) is 0 Å². The van der Waals surface area contributed by atoms with E-state index in [1.54, 1.807) is 7.11 Å². The fraction of sp³-hybridized carbons (Fsp3) is 0.562. The summed E-state index contributed by atoms with van der Waals surface area (Å²) in [6.45, 7) is 4.76. The third kappa shape index (κ3) is 2.52. The number of hydrogen-bond donors (Lipinski definition) is 0. The average molecular weight is 343 g/mol. The molecule has 120 valence electrons. The smallest absolute Gasteiger partial charge is 0.231 e. The third-order valence-electron chi connectivity index (χ3n) is 4.72. The third-order valence-corrected chi connectivity index (χ3v) is 5.82. The zero-order chi connectivity index (χ0) is 16.0. The zero-order valence-electron chi connectivity index (χ0n) is 12.8. The van der Waals surface area contributed by atoms with Crippen LogP contribution in [0.25, 0.3) is 0 Å². The van der Waals surface area contributed by atoms with Gasteiger partial charge in [0.25, 0.3) is 0 Å². The topological polar surface area (TPSA) is 32.8 Å². The Balaban J connectivity index is 1.65. The van der Waals surface area contributed by atoms with Crippen molar-refractivity contribution in [3.05, 3.63) is 24.3 Å². The zero-order valence-corrected chi connectivity index (χ0v) is 14.3. The summed E-state index contributed by atoms with van der Waals surface area (Å²) in [5.74, 6) is 0.925. The van der Waals surface area contributed by atoms with Gasteiger partial charge in [-0.2, -0.15) is 0 Å². The minimum absolute atomic E-state index is 0.0668. The summed E-state index contributed by atoms with van der Waals surface area (Å²) in [4.78, 5) is 16.7. The molecule has 6 heteroatoms. The number of alkyl halides is 2. The molecule has 0 N–H and O–H groups in total. The van der Waals surface area contributed by atoms with Gasteiger partial charge >= 0.3 is 0 Å². The standard InChI is InChI=1S/C16H20Cl2N2O2/c1-15(11-16(15,17)18)14(21)20-9-7-19(8-10-20)12-5-3-4-6-13(12)22-2/h3-6H,7-11H2,1-2H3/t15-/m0/s1. The van der Waals surface area contributed by atoms with Gasteiger partial charge in [0, 0.05) is 26.2 Å². The van der Waals surface area contributed by atoms with Crippen molar-refractivity contribution >= 4 is 34.8 Å². The van der Waals surface area contributed by atoms with Crippen molar-refractivity contribution in [2.45, 2.75) is 17.7 Å². The molecule has 0 radical (unpaired) electrons. The first-order valence-corrected chi connectivity index (χ1v) is 8.20. The molecule has 1 aliphatic heterocycles. The van der Waals surface area contributed by atoms with E-state index in [1.165, 1.54) is 0 Å². The second-order valence-electron chi connectivity index (χ2n) is 6.16. The highest BCUT2D eigenvalue weighted by Gasteiger charge is 2.68. The number of methoxy groups -OCH3 is 1. The van der Waals surface area contributed by atoms with Crippen molar-refractivity contribution in [2.24, 2.45) is 5.41 Å². The van der Waals surface area contributed by atoms with Gasteiger partial charge in [0.05, 0.1) is 18.2 Å². The van der Waals surface area contributed by atoms with Crippen LogP contribution in [-0.2, 0) is 4.79 Å². The largest absolute Gasteiger partial charge is 0.495 e. The molecule has 2 aliphatic rings. The quantitative estimate of drug-likeness (QED) is 0.791. The predicted octanol–water partition coefficient (Wildman–Crippen LogP) is 2.93. The van der Waals surface area contributed by atoms with Crippen LogP contribution in [0.15, 0.2) is 24.3 Å². The molecule has 4 nitrogen and oxygen atoms in total. The van der Waals surface area contributed by atoms with Crippen molar-refractivity contribution in [1.82, 2.24) is 4.90 Å². The first kappa shape index (κ1) is 15.8. The number of hydrogen-bond acceptors (Lipinski definition) is 3. The number of anilines is 1. The van der Waals surface area contributed by atoms with Crippen molar-refractivity contribution < 1.29 is 9.53 Å². The number of halogens is 2. The Morgan fingerprint density at radius 1 is 1.18 bits per heavy atom. The van der Waals surface area contributed by atoms with E-state index in [2.05, 4.69) is 4.90 Å². The molecule has 0 spiro atoms. The molecule has 1 aromatic rings. The van der Waals surface area contributed by atoms with Gasteiger partial charge in [-0.05, 0) is 25.5 Å².